The highest BCUT2D eigenvalue weighted by atomic mass is 35.5. The smallest absolute Gasteiger partial charge is 0.329 e. The fourth-order valence-corrected chi connectivity index (χ4v) is 3.40. The first-order valence-corrected chi connectivity index (χ1v) is 8.26. The van der Waals surface area contributed by atoms with Crippen molar-refractivity contribution in [3.8, 4) is 0 Å². The van der Waals surface area contributed by atoms with Gasteiger partial charge in [0.2, 0.25) is 0 Å². The van der Waals surface area contributed by atoms with Gasteiger partial charge in [-0.25, -0.2) is 9.69 Å². The second-order valence-electron chi connectivity index (χ2n) is 5.95. The molecule has 0 aliphatic carbocycles. The average molecular weight is 339 g/mol. The molecule has 6 nitrogen and oxygen atoms in total. The highest BCUT2D eigenvalue weighted by Crippen LogP contribution is 2.33. The van der Waals surface area contributed by atoms with Crippen molar-refractivity contribution in [1.82, 2.24) is 10.2 Å². The Kier molecular flexibility index (Phi) is 4.57. The molecule has 1 atom stereocenters. The van der Waals surface area contributed by atoms with Crippen LogP contribution in [0.2, 0.25) is 5.02 Å². The molecular formula is C16H21ClN3O3+. The summed E-state index contributed by atoms with van der Waals surface area (Å²) in [5.74, 6) is -0.203. The van der Waals surface area contributed by atoms with Gasteiger partial charge in [0.25, 0.3) is 5.91 Å². The number of hydrogen-bond acceptors (Lipinski definition) is 3. The molecule has 2 fully saturated rings. The minimum atomic E-state index is -1.02. The van der Waals surface area contributed by atoms with Gasteiger partial charge in [-0.05, 0) is 24.1 Å². The molecule has 0 bridgehead atoms. The minimum Gasteiger partial charge on any atom is -0.370 e. The molecular weight excluding hydrogens is 318 g/mol. The number of urea groups is 1. The second-order valence-corrected chi connectivity index (χ2v) is 6.39. The molecule has 23 heavy (non-hydrogen) atoms. The highest BCUT2D eigenvalue weighted by molar-refractivity contribution is 6.30. The Bertz CT molecular complexity index is 618. The first-order chi connectivity index (χ1) is 11.1. The van der Waals surface area contributed by atoms with Gasteiger partial charge < -0.3 is 15.0 Å². The van der Waals surface area contributed by atoms with E-state index in [0.717, 1.165) is 18.7 Å². The summed E-state index contributed by atoms with van der Waals surface area (Å²) in [7, 11) is 0. The fraction of sp³-hybridized carbons (Fsp3) is 0.500. The number of halogens is 1. The maximum Gasteiger partial charge on any atom is 0.329 e. The SMILES string of the molecule is CC[C@]1(c2cccc(Cl)c2)NC(=O)N(C[NH+]2CCOCC2)C1=O. The number of carbonyl (C=O) groups is 2. The standard InChI is InChI=1S/C16H20ClN3O3/c1-2-16(12-4-3-5-13(17)10-12)14(21)20(15(22)18-16)11-19-6-8-23-9-7-19/h3-5,10H,2,6-9,11H2,1H3,(H,18,22)/p+1/t16-/m1/s1. The van der Waals surface area contributed by atoms with E-state index >= 15 is 0 Å². The van der Waals surface area contributed by atoms with E-state index in [2.05, 4.69) is 5.32 Å². The molecule has 1 aromatic carbocycles. The van der Waals surface area contributed by atoms with E-state index in [1.165, 1.54) is 9.80 Å². The molecule has 2 saturated heterocycles. The molecule has 124 valence electrons. The molecule has 0 radical (unpaired) electrons. The maximum absolute atomic E-state index is 13.0. The number of carbonyl (C=O) groups excluding carboxylic acids is 2. The van der Waals surface area contributed by atoms with Crippen LogP contribution >= 0.6 is 11.6 Å². The van der Waals surface area contributed by atoms with E-state index in [-0.39, 0.29) is 11.9 Å². The van der Waals surface area contributed by atoms with Crippen molar-refractivity contribution in [2.45, 2.75) is 18.9 Å². The van der Waals surface area contributed by atoms with Gasteiger partial charge in [-0.15, -0.1) is 0 Å². The average Bonchev–Trinajstić information content (AvgIpc) is 2.81. The van der Waals surface area contributed by atoms with Crippen molar-refractivity contribution in [3.63, 3.8) is 0 Å². The third kappa shape index (κ3) is 2.94. The molecule has 0 spiro atoms. The van der Waals surface area contributed by atoms with Crippen molar-refractivity contribution in [1.29, 1.82) is 0 Å². The Labute approximate surface area is 140 Å². The summed E-state index contributed by atoms with van der Waals surface area (Å²) in [4.78, 5) is 27.9. The Morgan fingerprint density at radius 3 is 2.74 bits per heavy atom. The van der Waals surface area contributed by atoms with Gasteiger partial charge in [0.15, 0.2) is 6.67 Å². The molecule has 3 rings (SSSR count). The van der Waals surface area contributed by atoms with Gasteiger partial charge in [-0.1, -0.05) is 30.7 Å². The lowest BCUT2D eigenvalue weighted by Gasteiger charge is -2.28. The van der Waals surface area contributed by atoms with Gasteiger partial charge in [-0.2, -0.15) is 0 Å². The van der Waals surface area contributed by atoms with Crippen molar-refractivity contribution in [3.05, 3.63) is 34.9 Å². The molecule has 2 aliphatic rings. The monoisotopic (exact) mass is 338 g/mol. The lowest BCUT2D eigenvalue weighted by Crippen LogP contribution is -3.15. The van der Waals surface area contributed by atoms with Gasteiger partial charge in [0.1, 0.15) is 18.6 Å². The van der Waals surface area contributed by atoms with E-state index in [0.29, 0.717) is 31.3 Å². The van der Waals surface area contributed by atoms with Gasteiger partial charge in [-0.3, -0.25) is 4.79 Å². The number of benzene rings is 1. The molecule has 0 saturated carbocycles. The lowest BCUT2D eigenvalue weighted by molar-refractivity contribution is -0.915. The Hall–Kier alpha value is -1.63. The second kappa shape index (κ2) is 6.47. The van der Waals surface area contributed by atoms with Crippen LogP contribution in [0.4, 0.5) is 4.79 Å². The van der Waals surface area contributed by atoms with Crippen molar-refractivity contribution < 1.29 is 19.2 Å². The summed E-state index contributed by atoms with van der Waals surface area (Å²) >= 11 is 6.06. The van der Waals surface area contributed by atoms with Crippen LogP contribution < -0.4 is 10.2 Å². The van der Waals surface area contributed by atoms with Crippen LogP contribution in [0.25, 0.3) is 0 Å². The van der Waals surface area contributed by atoms with Crippen molar-refractivity contribution in [2.75, 3.05) is 33.0 Å². The number of quaternary nitrogens is 1. The van der Waals surface area contributed by atoms with Crippen molar-refractivity contribution >= 4 is 23.5 Å². The summed E-state index contributed by atoms with van der Waals surface area (Å²) in [5.41, 5.74) is -0.293. The van der Waals surface area contributed by atoms with Gasteiger partial charge in [0, 0.05) is 5.02 Å². The van der Waals surface area contributed by atoms with Crippen LogP contribution in [0.3, 0.4) is 0 Å². The maximum atomic E-state index is 13.0. The number of amides is 3. The summed E-state index contributed by atoms with van der Waals surface area (Å²) in [5, 5.41) is 3.43. The zero-order valence-electron chi connectivity index (χ0n) is 13.1. The van der Waals surface area contributed by atoms with Crippen LogP contribution in [-0.2, 0) is 15.1 Å². The van der Waals surface area contributed by atoms with E-state index in [1.54, 1.807) is 18.2 Å². The predicted octanol–water partition coefficient (Wildman–Crippen LogP) is 0.370. The van der Waals surface area contributed by atoms with Crippen LogP contribution in [0.15, 0.2) is 24.3 Å². The first-order valence-electron chi connectivity index (χ1n) is 7.88. The van der Waals surface area contributed by atoms with E-state index in [4.69, 9.17) is 16.3 Å². The predicted molar refractivity (Wildman–Crippen MR) is 85.2 cm³/mol. The Morgan fingerprint density at radius 1 is 1.35 bits per heavy atom. The Balaban J connectivity index is 1.85. The number of rotatable bonds is 4. The number of imide groups is 1. The van der Waals surface area contributed by atoms with Crippen LogP contribution in [0.5, 0.6) is 0 Å². The highest BCUT2D eigenvalue weighted by Gasteiger charge is 2.52. The van der Waals surface area contributed by atoms with E-state index in [9.17, 15) is 9.59 Å². The minimum absolute atomic E-state index is 0.203. The summed E-state index contributed by atoms with van der Waals surface area (Å²) in [6.45, 7) is 5.18. The van der Waals surface area contributed by atoms with Crippen LogP contribution in [0, 0.1) is 0 Å². The molecule has 2 N–H and O–H groups in total. The van der Waals surface area contributed by atoms with Gasteiger partial charge >= 0.3 is 6.03 Å². The lowest BCUT2D eigenvalue weighted by atomic mass is 9.87. The third-order valence-electron chi connectivity index (χ3n) is 4.61. The molecule has 0 unspecified atom stereocenters. The third-order valence-corrected chi connectivity index (χ3v) is 4.84. The quantitative estimate of drug-likeness (QED) is 0.780. The molecule has 2 heterocycles. The zero-order chi connectivity index (χ0) is 16.4. The first kappa shape index (κ1) is 16.2. The normalized spacial score (nSPS) is 25.7. The zero-order valence-corrected chi connectivity index (χ0v) is 13.9. The summed E-state index contributed by atoms with van der Waals surface area (Å²) in [6, 6.07) is 6.79. The number of ether oxygens (including phenoxy) is 1. The summed E-state index contributed by atoms with van der Waals surface area (Å²) < 4.78 is 5.32. The number of nitrogens with one attached hydrogen (secondary N) is 2. The summed E-state index contributed by atoms with van der Waals surface area (Å²) in [6.07, 6.45) is 0.479. The molecule has 1 aromatic rings. The molecule has 0 aromatic heterocycles. The Morgan fingerprint density at radius 2 is 2.09 bits per heavy atom. The molecule has 2 aliphatic heterocycles. The van der Waals surface area contributed by atoms with E-state index < -0.39 is 5.54 Å². The van der Waals surface area contributed by atoms with Crippen molar-refractivity contribution in [2.24, 2.45) is 0 Å². The largest absolute Gasteiger partial charge is 0.370 e. The van der Waals surface area contributed by atoms with Crippen LogP contribution in [-0.4, -0.2) is 49.8 Å². The fourth-order valence-electron chi connectivity index (χ4n) is 3.20. The number of nitrogens with zero attached hydrogens (tertiary/aromatic N) is 1. The molecule has 3 amide bonds. The number of morpholine rings is 1. The molecule has 7 heteroatoms. The van der Waals surface area contributed by atoms with Gasteiger partial charge in [0.05, 0.1) is 13.2 Å². The topological polar surface area (TPSA) is 63.1 Å². The van der Waals surface area contributed by atoms with E-state index in [1.807, 2.05) is 13.0 Å². The number of hydrogen-bond donors (Lipinski definition) is 2. The van der Waals surface area contributed by atoms with Crippen LogP contribution in [0.1, 0.15) is 18.9 Å².